The molecule has 23 heavy (non-hydrogen) atoms. The predicted octanol–water partition coefficient (Wildman–Crippen LogP) is 5.07. The van der Waals surface area contributed by atoms with Gasteiger partial charge in [-0.05, 0) is 24.1 Å². The van der Waals surface area contributed by atoms with Gasteiger partial charge in [-0.1, -0.05) is 45.1 Å². The van der Waals surface area contributed by atoms with Crippen molar-refractivity contribution < 1.29 is 4.74 Å². The molecule has 4 nitrogen and oxygen atoms in total. The number of pyridine rings is 1. The summed E-state index contributed by atoms with van der Waals surface area (Å²) in [7, 11) is -1.05. The van der Waals surface area contributed by atoms with Crippen molar-refractivity contribution in [1.82, 2.24) is 9.55 Å². The fourth-order valence-corrected chi connectivity index (χ4v) is 3.18. The van der Waals surface area contributed by atoms with Crippen molar-refractivity contribution >= 4 is 36.4 Å². The van der Waals surface area contributed by atoms with Gasteiger partial charge in [-0.15, -0.1) is 0 Å². The molecule has 0 aliphatic rings. The monoisotopic (exact) mass is 353 g/mol. The summed E-state index contributed by atoms with van der Waals surface area (Å²) in [6, 6.07) is 5.13. The lowest BCUT2D eigenvalue weighted by atomic mass is 10.2. The number of halogens is 1. The molecule has 6 heteroatoms. The van der Waals surface area contributed by atoms with Crippen LogP contribution < -0.4 is 5.32 Å². The van der Waals surface area contributed by atoms with E-state index >= 15 is 0 Å². The maximum Gasteiger partial charge on any atom is 0.145 e. The molecule has 0 aliphatic heterocycles. The summed E-state index contributed by atoms with van der Waals surface area (Å²) >= 11 is 6.19. The normalized spacial score (nSPS) is 12.3. The third kappa shape index (κ3) is 5.51. The largest absolute Gasteiger partial charge is 0.384 e. The van der Waals surface area contributed by atoms with Crippen LogP contribution in [0.4, 0.5) is 5.69 Å². The summed E-state index contributed by atoms with van der Waals surface area (Å²) in [4.78, 5) is 4.47. The van der Waals surface area contributed by atoms with Crippen molar-refractivity contribution in [2.24, 2.45) is 5.92 Å². The van der Waals surface area contributed by atoms with Gasteiger partial charge in [0, 0.05) is 38.5 Å². The van der Waals surface area contributed by atoms with Gasteiger partial charge in [0.15, 0.2) is 0 Å². The fraction of sp³-hybridized carbons (Fsp3) is 0.588. The lowest BCUT2D eigenvalue weighted by molar-refractivity contribution is 0.0899. The first-order chi connectivity index (χ1) is 10.8. The van der Waals surface area contributed by atoms with Crippen molar-refractivity contribution in [1.29, 1.82) is 0 Å². The van der Waals surface area contributed by atoms with Crippen LogP contribution in [0.3, 0.4) is 0 Å². The second kappa shape index (κ2) is 7.68. The van der Waals surface area contributed by atoms with E-state index in [1.54, 1.807) is 0 Å². The topological polar surface area (TPSA) is 39.1 Å². The zero-order valence-corrected chi connectivity index (χ0v) is 16.6. The Morgan fingerprint density at radius 1 is 1.35 bits per heavy atom. The van der Waals surface area contributed by atoms with Crippen molar-refractivity contribution in [3.63, 3.8) is 0 Å². The highest BCUT2D eigenvalue weighted by atomic mass is 35.5. The van der Waals surface area contributed by atoms with E-state index in [1.807, 2.05) is 16.8 Å². The summed E-state index contributed by atoms with van der Waals surface area (Å²) in [5.41, 5.74) is 1.91. The van der Waals surface area contributed by atoms with Crippen LogP contribution in [0.1, 0.15) is 13.8 Å². The number of nitrogens with one attached hydrogen (secondary N) is 1. The van der Waals surface area contributed by atoms with Crippen LogP contribution in [0.2, 0.25) is 30.8 Å². The summed E-state index contributed by atoms with van der Waals surface area (Å²) in [5, 5.41) is 5.05. The fourth-order valence-electron chi connectivity index (χ4n) is 2.24. The number of hydrogen-bond acceptors (Lipinski definition) is 3. The number of fused-ring (bicyclic) bond motifs is 1. The molecule has 128 valence electrons. The van der Waals surface area contributed by atoms with Gasteiger partial charge in [-0.2, -0.15) is 0 Å². The van der Waals surface area contributed by atoms with Crippen molar-refractivity contribution in [2.75, 3.05) is 18.5 Å². The van der Waals surface area contributed by atoms with Crippen molar-refractivity contribution in [2.45, 2.75) is 46.3 Å². The van der Waals surface area contributed by atoms with E-state index in [2.05, 4.69) is 49.9 Å². The second-order valence-electron chi connectivity index (χ2n) is 7.64. The van der Waals surface area contributed by atoms with Crippen LogP contribution >= 0.6 is 11.6 Å². The molecular formula is C17H28ClN3OSi. The molecule has 0 saturated carbocycles. The lowest BCUT2D eigenvalue weighted by Crippen LogP contribution is -2.22. The van der Waals surface area contributed by atoms with Gasteiger partial charge < -0.3 is 14.6 Å². The standard InChI is InChI=1S/C17H28ClN3OSi/c1-13(2)11-19-15-10-16(18)20-17-14(15)6-7-21(17)12-22-8-9-23(3,4)5/h6-7,10,13H,8-9,11-12H2,1-5H3,(H,19,20). The van der Waals surface area contributed by atoms with Crippen LogP contribution in [-0.2, 0) is 11.5 Å². The van der Waals surface area contributed by atoms with Crippen LogP contribution in [0.15, 0.2) is 18.3 Å². The molecule has 0 spiro atoms. The maximum absolute atomic E-state index is 6.19. The van der Waals surface area contributed by atoms with E-state index in [4.69, 9.17) is 16.3 Å². The Kier molecular flexibility index (Phi) is 6.11. The van der Waals surface area contributed by atoms with E-state index in [0.717, 1.165) is 29.9 Å². The number of aromatic nitrogens is 2. The molecule has 0 amide bonds. The maximum atomic E-state index is 6.19. The highest BCUT2D eigenvalue weighted by molar-refractivity contribution is 6.76. The Hall–Kier alpha value is -1.04. The van der Waals surface area contributed by atoms with Gasteiger partial charge in [0.05, 0.1) is 0 Å². The van der Waals surface area contributed by atoms with E-state index in [0.29, 0.717) is 17.8 Å². The summed E-state index contributed by atoms with van der Waals surface area (Å²) in [6.45, 7) is 13.7. The third-order valence-corrected chi connectivity index (χ3v) is 5.53. The Morgan fingerprint density at radius 3 is 2.74 bits per heavy atom. The Bertz CT molecular complexity index is 649. The van der Waals surface area contributed by atoms with Crippen LogP contribution in [-0.4, -0.2) is 30.8 Å². The molecule has 2 aromatic rings. The molecule has 0 atom stereocenters. The van der Waals surface area contributed by atoms with Crippen molar-refractivity contribution in [3.05, 3.63) is 23.5 Å². The average molecular weight is 354 g/mol. The van der Waals surface area contributed by atoms with Crippen LogP contribution in [0, 0.1) is 5.92 Å². The molecule has 2 rings (SSSR count). The third-order valence-electron chi connectivity index (χ3n) is 3.63. The van der Waals surface area contributed by atoms with Crippen LogP contribution in [0.25, 0.3) is 11.0 Å². The molecular weight excluding hydrogens is 326 g/mol. The Balaban J connectivity index is 2.10. The number of nitrogens with zero attached hydrogens (tertiary/aromatic N) is 2. The van der Waals surface area contributed by atoms with Crippen LogP contribution in [0.5, 0.6) is 0 Å². The van der Waals surface area contributed by atoms with E-state index in [-0.39, 0.29) is 0 Å². The molecule has 0 fully saturated rings. The van der Waals surface area contributed by atoms with Gasteiger partial charge in [-0.3, -0.25) is 0 Å². The van der Waals surface area contributed by atoms with Gasteiger partial charge in [0.2, 0.25) is 0 Å². The highest BCUT2D eigenvalue weighted by Crippen LogP contribution is 2.26. The first-order valence-corrected chi connectivity index (χ1v) is 12.3. The van der Waals surface area contributed by atoms with E-state index in [9.17, 15) is 0 Å². The van der Waals surface area contributed by atoms with E-state index < -0.39 is 8.07 Å². The molecule has 2 aromatic heterocycles. The molecule has 0 unspecified atom stereocenters. The zero-order valence-electron chi connectivity index (χ0n) is 14.8. The zero-order chi connectivity index (χ0) is 17.0. The van der Waals surface area contributed by atoms with Gasteiger partial charge in [0.25, 0.3) is 0 Å². The van der Waals surface area contributed by atoms with Gasteiger partial charge >= 0.3 is 0 Å². The minimum absolute atomic E-state index is 0.505. The number of ether oxygens (including phenoxy) is 1. The molecule has 0 saturated heterocycles. The minimum Gasteiger partial charge on any atom is -0.384 e. The average Bonchev–Trinajstić information content (AvgIpc) is 2.83. The number of rotatable bonds is 8. The first-order valence-electron chi connectivity index (χ1n) is 8.23. The highest BCUT2D eigenvalue weighted by Gasteiger charge is 2.13. The first kappa shape index (κ1) is 18.3. The summed E-state index contributed by atoms with van der Waals surface area (Å²) in [5.74, 6) is 0.573. The quantitative estimate of drug-likeness (QED) is 0.409. The number of hydrogen-bond donors (Lipinski definition) is 1. The molecule has 0 aliphatic carbocycles. The SMILES string of the molecule is CC(C)CNc1cc(Cl)nc2c1ccn2COCC[Si](C)(C)C. The molecule has 0 bridgehead atoms. The number of anilines is 1. The van der Waals surface area contributed by atoms with Gasteiger partial charge in [-0.25, -0.2) is 4.98 Å². The predicted molar refractivity (Wildman–Crippen MR) is 102 cm³/mol. The smallest absolute Gasteiger partial charge is 0.145 e. The minimum atomic E-state index is -1.05. The second-order valence-corrected chi connectivity index (χ2v) is 13.6. The molecule has 2 heterocycles. The van der Waals surface area contributed by atoms with Crippen molar-refractivity contribution in [3.8, 4) is 0 Å². The molecule has 1 N–H and O–H groups in total. The lowest BCUT2D eigenvalue weighted by Gasteiger charge is -2.16. The summed E-state index contributed by atoms with van der Waals surface area (Å²) in [6.07, 6.45) is 2.02. The van der Waals surface area contributed by atoms with Gasteiger partial charge in [0.1, 0.15) is 17.5 Å². The Morgan fingerprint density at radius 2 is 2.09 bits per heavy atom. The summed E-state index contributed by atoms with van der Waals surface area (Å²) < 4.78 is 7.85. The van der Waals surface area contributed by atoms with E-state index in [1.165, 1.54) is 6.04 Å². The molecule has 0 radical (unpaired) electrons. The molecule has 0 aromatic carbocycles. The Labute approximate surface area is 145 Å².